The zero-order chi connectivity index (χ0) is 15.7. The van der Waals surface area contributed by atoms with Gasteiger partial charge in [-0.3, -0.25) is 4.79 Å². The third-order valence-electron chi connectivity index (χ3n) is 5.23. The number of benzene rings is 1. The van der Waals surface area contributed by atoms with Gasteiger partial charge in [0.25, 0.3) is 0 Å². The highest BCUT2D eigenvalue weighted by Gasteiger charge is 2.40. The zero-order valence-corrected chi connectivity index (χ0v) is 12.5. The van der Waals surface area contributed by atoms with Crippen molar-refractivity contribution in [3.8, 4) is 0 Å². The molecule has 0 aromatic heterocycles. The highest BCUT2D eigenvalue weighted by Crippen LogP contribution is 2.41. The lowest BCUT2D eigenvalue weighted by Crippen LogP contribution is -2.49. The van der Waals surface area contributed by atoms with Gasteiger partial charge in [-0.15, -0.1) is 0 Å². The number of carbonyl (C=O) groups is 1. The standard InChI is InChI=1S/C17H22F2N2O/c18-14-5-4-10(6-15(14)19)9-21-17(22)13-7-11-2-1-3-12(8-13)16(11)20/h4-6,11-13,16H,1-3,7-9,20H2,(H,21,22). The number of fused-ring (bicyclic) bond motifs is 2. The minimum Gasteiger partial charge on any atom is -0.352 e. The summed E-state index contributed by atoms with van der Waals surface area (Å²) in [7, 11) is 0. The summed E-state index contributed by atoms with van der Waals surface area (Å²) >= 11 is 0. The summed E-state index contributed by atoms with van der Waals surface area (Å²) in [6, 6.07) is 3.94. The maximum atomic E-state index is 13.2. The lowest BCUT2D eigenvalue weighted by molar-refractivity contribution is -0.128. The van der Waals surface area contributed by atoms with Crippen molar-refractivity contribution in [1.82, 2.24) is 5.32 Å². The van der Waals surface area contributed by atoms with Gasteiger partial charge in [0.1, 0.15) is 0 Å². The molecule has 22 heavy (non-hydrogen) atoms. The van der Waals surface area contributed by atoms with Crippen LogP contribution in [0.4, 0.5) is 8.78 Å². The first kappa shape index (κ1) is 15.4. The van der Waals surface area contributed by atoms with Crippen LogP contribution in [-0.4, -0.2) is 11.9 Å². The minimum absolute atomic E-state index is 0.000366. The number of nitrogens with two attached hydrogens (primary N) is 1. The molecule has 1 amide bonds. The Bertz CT molecular complexity index is 550. The van der Waals surface area contributed by atoms with Crippen molar-refractivity contribution in [1.29, 1.82) is 0 Å². The molecule has 0 radical (unpaired) electrons. The van der Waals surface area contributed by atoms with Crippen molar-refractivity contribution in [3.05, 3.63) is 35.4 Å². The van der Waals surface area contributed by atoms with Crippen molar-refractivity contribution in [2.45, 2.75) is 44.7 Å². The van der Waals surface area contributed by atoms with Crippen LogP contribution in [0.2, 0.25) is 0 Å². The first-order chi connectivity index (χ1) is 10.5. The van der Waals surface area contributed by atoms with E-state index in [4.69, 9.17) is 5.73 Å². The van der Waals surface area contributed by atoms with E-state index in [9.17, 15) is 13.6 Å². The molecular weight excluding hydrogens is 286 g/mol. The number of nitrogens with one attached hydrogen (secondary N) is 1. The van der Waals surface area contributed by atoms with Crippen LogP contribution in [0.1, 0.15) is 37.7 Å². The van der Waals surface area contributed by atoms with E-state index in [-0.39, 0.29) is 24.4 Å². The van der Waals surface area contributed by atoms with Crippen molar-refractivity contribution in [2.24, 2.45) is 23.5 Å². The van der Waals surface area contributed by atoms with Crippen LogP contribution < -0.4 is 11.1 Å². The molecule has 1 aromatic carbocycles. The fourth-order valence-corrected chi connectivity index (χ4v) is 3.99. The summed E-state index contributed by atoms with van der Waals surface area (Å²) < 4.78 is 26.0. The summed E-state index contributed by atoms with van der Waals surface area (Å²) in [5.41, 5.74) is 6.80. The van der Waals surface area contributed by atoms with E-state index in [0.29, 0.717) is 17.4 Å². The first-order valence-corrected chi connectivity index (χ1v) is 8.02. The molecule has 2 unspecified atom stereocenters. The van der Waals surface area contributed by atoms with Crippen LogP contribution in [-0.2, 0) is 11.3 Å². The molecule has 0 heterocycles. The number of carbonyl (C=O) groups excluding carboxylic acids is 1. The zero-order valence-electron chi connectivity index (χ0n) is 12.5. The molecule has 2 fully saturated rings. The summed E-state index contributed by atoms with van der Waals surface area (Å²) in [5, 5.41) is 2.85. The summed E-state index contributed by atoms with van der Waals surface area (Å²) in [5.74, 6) is -0.846. The van der Waals surface area contributed by atoms with E-state index in [0.717, 1.165) is 37.8 Å². The number of amides is 1. The molecule has 0 saturated heterocycles. The molecule has 2 aliphatic carbocycles. The maximum Gasteiger partial charge on any atom is 0.223 e. The quantitative estimate of drug-likeness (QED) is 0.902. The highest BCUT2D eigenvalue weighted by atomic mass is 19.2. The van der Waals surface area contributed by atoms with Gasteiger partial charge in [0, 0.05) is 18.5 Å². The summed E-state index contributed by atoms with van der Waals surface area (Å²) in [6.45, 7) is 0.230. The smallest absolute Gasteiger partial charge is 0.223 e. The van der Waals surface area contributed by atoms with Gasteiger partial charge in [0.2, 0.25) is 5.91 Å². The van der Waals surface area contributed by atoms with Crippen LogP contribution in [0.15, 0.2) is 18.2 Å². The summed E-state index contributed by atoms with van der Waals surface area (Å²) in [6.07, 6.45) is 5.14. The molecule has 2 saturated carbocycles. The van der Waals surface area contributed by atoms with E-state index < -0.39 is 11.6 Å². The molecule has 3 nitrogen and oxygen atoms in total. The van der Waals surface area contributed by atoms with Gasteiger partial charge in [-0.05, 0) is 55.2 Å². The summed E-state index contributed by atoms with van der Waals surface area (Å²) in [4.78, 5) is 12.3. The minimum atomic E-state index is -0.884. The van der Waals surface area contributed by atoms with Crippen LogP contribution in [0, 0.1) is 29.4 Å². The van der Waals surface area contributed by atoms with Crippen molar-refractivity contribution in [3.63, 3.8) is 0 Å². The molecule has 5 heteroatoms. The largest absolute Gasteiger partial charge is 0.352 e. The Balaban J connectivity index is 1.57. The van der Waals surface area contributed by atoms with E-state index in [1.807, 2.05) is 0 Å². The van der Waals surface area contributed by atoms with Crippen molar-refractivity contribution >= 4 is 5.91 Å². The van der Waals surface area contributed by atoms with Crippen LogP contribution >= 0.6 is 0 Å². The first-order valence-electron chi connectivity index (χ1n) is 8.02. The molecule has 0 spiro atoms. The second kappa shape index (κ2) is 6.32. The molecule has 120 valence electrons. The fourth-order valence-electron chi connectivity index (χ4n) is 3.99. The Morgan fingerprint density at radius 3 is 2.50 bits per heavy atom. The molecular formula is C17H22F2N2O. The second-order valence-corrected chi connectivity index (χ2v) is 6.66. The maximum absolute atomic E-state index is 13.2. The van der Waals surface area contributed by atoms with Gasteiger partial charge >= 0.3 is 0 Å². The number of hydrogen-bond donors (Lipinski definition) is 2. The third kappa shape index (κ3) is 3.14. The van der Waals surface area contributed by atoms with E-state index in [2.05, 4.69) is 5.32 Å². The van der Waals surface area contributed by atoms with Gasteiger partial charge in [0.05, 0.1) is 0 Å². The third-order valence-corrected chi connectivity index (χ3v) is 5.23. The predicted molar refractivity (Wildman–Crippen MR) is 79.7 cm³/mol. The number of hydrogen-bond acceptors (Lipinski definition) is 2. The Hall–Kier alpha value is -1.49. The lowest BCUT2D eigenvalue weighted by Gasteiger charge is -2.43. The van der Waals surface area contributed by atoms with Crippen molar-refractivity contribution < 1.29 is 13.6 Å². The Labute approximate surface area is 129 Å². The molecule has 3 rings (SSSR count). The molecule has 3 N–H and O–H groups in total. The highest BCUT2D eigenvalue weighted by molar-refractivity contribution is 5.78. The molecule has 2 aliphatic rings. The lowest BCUT2D eigenvalue weighted by atomic mass is 9.65. The normalized spacial score (nSPS) is 30.9. The average Bonchev–Trinajstić information content (AvgIpc) is 2.48. The number of rotatable bonds is 3. The van der Waals surface area contributed by atoms with Crippen LogP contribution in [0.3, 0.4) is 0 Å². The van der Waals surface area contributed by atoms with Gasteiger partial charge in [-0.1, -0.05) is 12.5 Å². The SMILES string of the molecule is NC1C2CCCC1CC(C(=O)NCc1ccc(F)c(F)c1)C2. The Morgan fingerprint density at radius 2 is 1.86 bits per heavy atom. The van der Waals surface area contributed by atoms with E-state index in [1.54, 1.807) is 0 Å². The van der Waals surface area contributed by atoms with E-state index >= 15 is 0 Å². The van der Waals surface area contributed by atoms with Crippen LogP contribution in [0.25, 0.3) is 0 Å². The molecule has 2 bridgehead atoms. The van der Waals surface area contributed by atoms with E-state index in [1.165, 1.54) is 12.5 Å². The fraction of sp³-hybridized carbons (Fsp3) is 0.588. The average molecular weight is 308 g/mol. The molecule has 0 aliphatic heterocycles. The second-order valence-electron chi connectivity index (χ2n) is 6.66. The van der Waals surface area contributed by atoms with Gasteiger partial charge in [-0.2, -0.15) is 0 Å². The Morgan fingerprint density at radius 1 is 1.18 bits per heavy atom. The van der Waals surface area contributed by atoms with Gasteiger partial charge in [-0.25, -0.2) is 8.78 Å². The number of halogens is 2. The molecule has 2 atom stereocenters. The van der Waals surface area contributed by atoms with Crippen LogP contribution in [0.5, 0.6) is 0 Å². The van der Waals surface area contributed by atoms with Crippen molar-refractivity contribution in [2.75, 3.05) is 0 Å². The monoisotopic (exact) mass is 308 g/mol. The van der Waals surface area contributed by atoms with Gasteiger partial charge in [0.15, 0.2) is 11.6 Å². The van der Waals surface area contributed by atoms with Gasteiger partial charge < -0.3 is 11.1 Å². The molecule has 1 aromatic rings. The predicted octanol–water partition coefficient (Wildman–Crippen LogP) is 2.73. The Kier molecular flexibility index (Phi) is 4.43. The topological polar surface area (TPSA) is 55.1 Å².